The molecule has 154 valence electrons. The summed E-state index contributed by atoms with van der Waals surface area (Å²) in [5, 5.41) is 2.75. The van der Waals surface area contributed by atoms with E-state index in [0.29, 0.717) is 24.5 Å². The minimum absolute atomic E-state index is 0.0237. The van der Waals surface area contributed by atoms with Gasteiger partial charge in [-0.2, -0.15) is 0 Å². The highest BCUT2D eigenvalue weighted by Gasteiger charge is 2.38. The van der Waals surface area contributed by atoms with E-state index in [2.05, 4.69) is 24.4 Å². The fourth-order valence-electron chi connectivity index (χ4n) is 3.32. The molecule has 0 aromatic heterocycles. The van der Waals surface area contributed by atoms with Gasteiger partial charge in [-0.3, -0.25) is 4.79 Å². The third-order valence-electron chi connectivity index (χ3n) is 5.07. The first-order valence-electron chi connectivity index (χ1n) is 9.59. The molecular weight excluding hydrogens is 386 g/mol. The van der Waals surface area contributed by atoms with Crippen molar-refractivity contribution in [3.8, 4) is 5.75 Å². The van der Waals surface area contributed by atoms with Crippen molar-refractivity contribution in [2.75, 3.05) is 32.6 Å². The summed E-state index contributed by atoms with van der Waals surface area (Å²) >= 11 is 1.66. The van der Waals surface area contributed by atoms with Gasteiger partial charge in [-0.05, 0) is 37.1 Å². The molecule has 0 radical (unpaired) electrons. The zero-order valence-electron chi connectivity index (χ0n) is 17.2. The fraction of sp³-hybridized carbons (Fsp3) is 0.364. The second-order valence-electron chi connectivity index (χ2n) is 7.07. The van der Waals surface area contributed by atoms with Crippen molar-refractivity contribution in [2.24, 2.45) is 0 Å². The maximum absolute atomic E-state index is 12.7. The van der Waals surface area contributed by atoms with Crippen molar-refractivity contribution in [1.82, 2.24) is 9.80 Å². The maximum atomic E-state index is 12.7. The van der Waals surface area contributed by atoms with Crippen LogP contribution >= 0.6 is 11.8 Å². The minimum Gasteiger partial charge on any atom is -0.495 e. The first-order valence-corrected chi connectivity index (χ1v) is 10.5. The van der Waals surface area contributed by atoms with Crippen LogP contribution in [0.15, 0.2) is 48.5 Å². The van der Waals surface area contributed by atoms with Crippen LogP contribution < -0.4 is 10.1 Å². The molecule has 2 aromatic carbocycles. The van der Waals surface area contributed by atoms with Crippen molar-refractivity contribution in [1.29, 1.82) is 0 Å². The van der Waals surface area contributed by atoms with Crippen LogP contribution in [0.25, 0.3) is 0 Å². The lowest BCUT2D eigenvalue weighted by Gasteiger charge is -2.28. The summed E-state index contributed by atoms with van der Waals surface area (Å²) in [5.41, 5.74) is 2.93. The molecule has 0 saturated carbocycles. The summed E-state index contributed by atoms with van der Waals surface area (Å²) in [6.45, 7) is 4.91. The van der Waals surface area contributed by atoms with E-state index in [9.17, 15) is 9.59 Å². The molecule has 3 amide bonds. The predicted molar refractivity (Wildman–Crippen MR) is 117 cm³/mol. The van der Waals surface area contributed by atoms with Crippen LogP contribution in [0.2, 0.25) is 0 Å². The van der Waals surface area contributed by atoms with E-state index in [4.69, 9.17) is 4.74 Å². The molecule has 1 heterocycles. The minimum atomic E-state index is -0.241. The monoisotopic (exact) mass is 413 g/mol. The SMILES string of the molecule is COc1ccccc1NC(=O)N(C)CCN1C(=O)[C@H](C)S[C@@H]1c1ccccc1C. The number of para-hydroxylation sites is 2. The van der Waals surface area contributed by atoms with Gasteiger partial charge in [0.1, 0.15) is 11.1 Å². The van der Waals surface area contributed by atoms with Gasteiger partial charge in [-0.1, -0.05) is 36.4 Å². The number of nitrogens with one attached hydrogen (secondary N) is 1. The number of hydrogen-bond donors (Lipinski definition) is 1. The highest BCUT2D eigenvalue weighted by atomic mass is 32.2. The fourth-order valence-corrected chi connectivity index (χ4v) is 4.73. The summed E-state index contributed by atoms with van der Waals surface area (Å²) < 4.78 is 5.28. The van der Waals surface area contributed by atoms with E-state index in [0.717, 1.165) is 5.56 Å². The summed E-state index contributed by atoms with van der Waals surface area (Å²) in [6.07, 6.45) is 0. The number of ether oxygens (including phenoxy) is 1. The number of carbonyl (C=O) groups is 2. The second kappa shape index (κ2) is 9.22. The molecule has 0 aliphatic carbocycles. The Hall–Kier alpha value is -2.67. The summed E-state index contributed by atoms with van der Waals surface area (Å²) in [4.78, 5) is 28.8. The topological polar surface area (TPSA) is 61.9 Å². The molecule has 1 N–H and O–H groups in total. The second-order valence-corrected chi connectivity index (χ2v) is 8.50. The van der Waals surface area contributed by atoms with E-state index in [1.54, 1.807) is 43.0 Å². The number of carbonyl (C=O) groups excluding carboxylic acids is 2. The maximum Gasteiger partial charge on any atom is 0.321 e. The average molecular weight is 414 g/mol. The van der Waals surface area contributed by atoms with E-state index < -0.39 is 0 Å². The Morgan fingerprint density at radius 2 is 1.90 bits per heavy atom. The average Bonchev–Trinajstić information content (AvgIpc) is 3.00. The van der Waals surface area contributed by atoms with Crippen LogP contribution in [0, 0.1) is 6.92 Å². The third-order valence-corrected chi connectivity index (χ3v) is 6.45. The first-order chi connectivity index (χ1) is 13.9. The van der Waals surface area contributed by atoms with E-state index in [-0.39, 0.29) is 22.6 Å². The molecule has 29 heavy (non-hydrogen) atoms. The Kier molecular flexibility index (Phi) is 6.69. The number of thioether (sulfide) groups is 1. The number of anilines is 1. The number of amides is 3. The van der Waals surface area contributed by atoms with Gasteiger partial charge in [0.05, 0.1) is 18.0 Å². The molecule has 2 atom stereocenters. The highest BCUT2D eigenvalue weighted by Crippen LogP contribution is 2.43. The molecule has 7 heteroatoms. The summed E-state index contributed by atoms with van der Waals surface area (Å²) in [7, 11) is 3.29. The zero-order chi connectivity index (χ0) is 21.0. The standard InChI is InChI=1S/C22H27N3O3S/c1-15-9-5-6-10-17(15)21-25(20(26)16(2)29-21)14-13-24(3)22(27)23-18-11-7-8-12-19(18)28-4/h5-12,16,21H,13-14H2,1-4H3,(H,23,27)/t16-,21+/m0/s1. The Labute approximate surface area is 176 Å². The van der Waals surface area contributed by atoms with E-state index in [1.807, 2.05) is 36.1 Å². The normalized spacial score (nSPS) is 18.6. The highest BCUT2D eigenvalue weighted by molar-refractivity contribution is 8.01. The Balaban J connectivity index is 1.66. The smallest absolute Gasteiger partial charge is 0.321 e. The number of urea groups is 1. The lowest BCUT2D eigenvalue weighted by atomic mass is 10.1. The number of methoxy groups -OCH3 is 1. The van der Waals surface area contributed by atoms with Crippen molar-refractivity contribution in [2.45, 2.75) is 24.5 Å². The van der Waals surface area contributed by atoms with Crippen LogP contribution in [0.3, 0.4) is 0 Å². The van der Waals surface area contributed by atoms with Crippen molar-refractivity contribution >= 4 is 29.4 Å². The number of rotatable bonds is 6. The molecule has 6 nitrogen and oxygen atoms in total. The molecule has 3 rings (SSSR count). The third kappa shape index (κ3) is 4.67. The number of likely N-dealkylation sites (N-methyl/N-ethyl adjacent to an activating group) is 1. The van der Waals surface area contributed by atoms with Gasteiger partial charge < -0.3 is 19.9 Å². The molecule has 1 saturated heterocycles. The zero-order valence-corrected chi connectivity index (χ0v) is 18.0. The molecule has 1 aliphatic rings. The van der Waals surface area contributed by atoms with E-state index >= 15 is 0 Å². The number of benzene rings is 2. The van der Waals surface area contributed by atoms with Gasteiger partial charge >= 0.3 is 6.03 Å². The number of hydrogen-bond acceptors (Lipinski definition) is 4. The van der Waals surface area contributed by atoms with Gasteiger partial charge in [0, 0.05) is 20.1 Å². The Morgan fingerprint density at radius 1 is 1.21 bits per heavy atom. The quantitative estimate of drug-likeness (QED) is 0.774. The number of aryl methyl sites for hydroxylation is 1. The summed E-state index contributed by atoms with van der Waals surface area (Å²) in [6, 6.07) is 15.2. The van der Waals surface area contributed by atoms with Crippen LogP contribution in [0.5, 0.6) is 5.75 Å². The summed E-state index contributed by atoms with van der Waals surface area (Å²) in [5.74, 6) is 0.718. The molecule has 1 fully saturated rings. The Morgan fingerprint density at radius 3 is 2.62 bits per heavy atom. The lowest BCUT2D eigenvalue weighted by molar-refractivity contribution is -0.129. The van der Waals surface area contributed by atoms with Crippen molar-refractivity contribution < 1.29 is 14.3 Å². The largest absolute Gasteiger partial charge is 0.495 e. The molecule has 2 aromatic rings. The molecular formula is C22H27N3O3S. The van der Waals surface area contributed by atoms with Crippen molar-refractivity contribution in [3.63, 3.8) is 0 Å². The van der Waals surface area contributed by atoms with Crippen molar-refractivity contribution in [3.05, 3.63) is 59.7 Å². The van der Waals surface area contributed by atoms with Crippen LogP contribution in [0.1, 0.15) is 23.4 Å². The van der Waals surface area contributed by atoms with Gasteiger partial charge in [0.2, 0.25) is 5.91 Å². The van der Waals surface area contributed by atoms with Crippen LogP contribution in [-0.2, 0) is 4.79 Å². The van der Waals surface area contributed by atoms with Crippen LogP contribution in [-0.4, -0.2) is 54.2 Å². The Bertz CT molecular complexity index is 889. The van der Waals surface area contributed by atoms with Gasteiger partial charge in [-0.15, -0.1) is 11.8 Å². The molecule has 0 bridgehead atoms. The molecule has 0 spiro atoms. The van der Waals surface area contributed by atoms with Gasteiger partial charge in [-0.25, -0.2) is 4.79 Å². The number of nitrogens with zero attached hydrogens (tertiary/aromatic N) is 2. The molecule has 1 aliphatic heterocycles. The predicted octanol–water partition coefficient (Wildman–Crippen LogP) is 4.13. The first kappa shape index (κ1) is 21.0. The van der Waals surface area contributed by atoms with E-state index in [1.165, 1.54) is 5.56 Å². The lowest BCUT2D eigenvalue weighted by Crippen LogP contribution is -2.40. The van der Waals surface area contributed by atoms with Crippen LogP contribution in [0.4, 0.5) is 10.5 Å². The molecule has 0 unspecified atom stereocenters. The van der Waals surface area contributed by atoms with Gasteiger partial charge in [0.15, 0.2) is 0 Å². The van der Waals surface area contributed by atoms with Gasteiger partial charge in [0.25, 0.3) is 0 Å².